The summed E-state index contributed by atoms with van der Waals surface area (Å²) in [6.07, 6.45) is 0.479. The van der Waals surface area contributed by atoms with Crippen LogP contribution in [0.1, 0.15) is 26.3 Å². The Morgan fingerprint density at radius 2 is 2.03 bits per heavy atom. The summed E-state index contributed by atoms with van der Waals surface area (Å²) in [5, 5.41) is 2.51. The van der Waals surface area contributed by atoms with E-state index >= 15 is 0 Å². The Morgan fingerprint density at radius 3 is 2.66 bits per heavy atom. The molecule has 3 rings (SSSR count). The van der Waals surface area contributed by atoms with Crippen LogP contribution in [0.4, 0.5) is 4.79 Å². The number of fused-ring (bicyclic) bond motifs is 1. The molecule has 2 heterocycles. The van der Waals surface area contributed by atoms with E-state index in [2.05, 4.69) is 30.7 Å². The Kier molecular flexibility index (Phi) is 6.01. The highest BCUT2D eigenvalue weighted by Crippen LogP contribution is 2.27. The predicted octanol–water partition coefficient (Wildman–Crippen LogP) is 3.90. The zero-order chi connectivity index (χ0) is 21.4. The van der Waals surface area contributed by atoms with Crippen molar-refractivity contribution in [1.82, 2.24) is 9.88 Å². The number of carbonyl (C=O) groups is 1. The lowest BCUT2D eigenvalue weighted by Crippen LogP contribution is -2.52. The summed E-state index contributed by atoms with van der Waals surface area (Å²) in [5.41, 5.74) is 1.85. The molecule has 1 atom stereocenters. The minimum Gasteiger partial charge on any atom is -0.497 e. The van der Waals surface area contributed by atoms with Crippen LogP contribution in [0.2, 0.25) is 19.6 Å². The number of H-pyrrole nitrogens is 1. The number of amides is 1. The number of benzene rings is 1. The molecule has 1 aromatic carbocycles. The largest absolute Gasteiger partial charge is 0.497 e. The van der Waals surface area contributed by atoms with Gasteiger partial charge in [-0.25, -0.2) is 4.79 Å². The first-order valence-corrected chi connectivity index (χ1v) is 13.8. The summed E-state index contributed by atoms with van der Waals surface area (Å²) in [5.74, 6) is 0.837. The van der Waals surface area contributed by atoms with Gasteiger partial charge >= 0.3 is 6.09 Å². The van der Waals surface area contributed by atoms with Gasteiger partial charge in [-0.05, 0) is 44.9 Å². The number of hydrogen-bond acceptors (Lipinski definition) is 4. The molecule has 0 saturated carbocycles. The molecule has 0 aliphatic carbocycles. The van der Waals surface area contributed by atoms with E-state index in [1.807, 2.05) is 37.8 Å². The Morgan fingerprint density at radius 1 is 1.31 bits per heavy atom. The Hall–Kier alpha value is -1.99. The van der Waals surface area contributed by atoms with Crippen molar-refractivity contribution in [1.29, 1.82) is 0 Å². The van der Waals surface area contributed by atoms with Crippen molar-refractivity contribution in [3.05, 3.63) is 23.8 Å². The Labute approximate surface area is 174 Å². The smallest absolute Gasteiger partial charge is 0.410 e. The number of aromatic nitrogens is 1. The van der Waals surface area contributed by atoms with Crippen LogP contribution < -0.4 is 10.1 Å². The van der Waals surface area contributed by atoms with Crippen molar-refractivity contribution in [2.75, 3.05) is 26.9 Å². The summed E-state index contributed by atoms with van der Waals surface area (Å²) < 4.78 is 16.8. The first kappa shape index (κ1) is 21.7. The fourth-order valence-corrected chi connectivity index (χ4v) is 5.49. The second kappa shape index (κ2) is 8.03. The van der Waals surface area contributed by atoms with Gasteiger partial charge in [0, 0.05) is 28.8 Å². The molecule has 1 aliphatic rings. The number of carbonyl (C=O) groups excluding carboxylic acids is 1. The number of nitrogens with zero attached hydrogens (tertiary/aromatic N) is 1. The lowest BCUT2D eigenvalue weighted by Gasteiger charge is -2.37. The third-order valence-electron chi connectivity index (χ3n) is 5.16. The van der Waals surface area contributed by atoms with Crippen molar-refractivity contribution < 1.29 is 19.0 Å². The predicted molar refractivity (Wildman–Crippen MR) is 119 cm³/mol. The monoisotopic (exact) mass is 418 g/mol. The van der Waals surface area contributed by atoms with Crippen LogP contribution in [0, 0.1) is 0 Å². The van der Waals surface area contributed by atoms with Crippen LogP contribution in [0.25, 0.3) is 10.9 Å². The maximum atomic E-state index is 12.8. The SMILES string of the molecule is COc1ccc2c(C[C@H]3COCCN3C(=O)OC(C)(C)C)c([Si](C)(C)C)[nH]c2c1. The molecule has 0 bridgehead atoms. The standard InChI is InChI=1S/C22H34N2O4Si/c1-22(2,3)28-21(25)24-10-11-27-14-15(24)12-18-17-9-8-16(26-4)13-19(17)23-20(18)29(5,6)7/h8-9,13,15,23H,10-12,14H2,1-7H3/t15-/m0/s1. The van der Waals surface area contributed by atoms with Crippen LogP contribution in [0.3, 0.4) is 0 Å². The van der Waals surface area contributed by atoms with Crippen LogP contribution >= 0.6 is 0 Å². The van der Waals surface area contributed by atoms with Crippen molar-refractivity contribution in [3.63, 3.8) is 0 Å². The molecule has 7 heteroatoms. The molecule has 1 saturated heterocycles. The van der Waals surface area contributed by atoms with Crippen LogP contribution in [0.15, 0.2) is 18.2 Å². The second-order valence-corrected chi connectivity index (χ2v) is 14.7. The molecule has 29 heavy (non-hydrogen) atoms. The lowest BCUT2D eigenvalue weighted by molar-refractivity contribution is -0.0318. The maximum Gasteiger partial charge on any atom is 0.410 e. The number of ether oxygens (including phenoxy) is 3. The van der Waals surface area contributed by atoms with Gasteiger partial charge in [0.15, 0.2) is 0 Å². The first-order chi connectivity index (χ1) is 13.5. The Bertz CT molecular complexity index is 879. The molecule has 1 aromatic heterocycles. The van der Waals surface area contributed by atoms with E-state index in [-0.39, 0.29) is 12.1 Å². The molecule has 6 nitrogen and oxygen atoms in total. The molecule has 0 unspecified atom stereocenters. The highest BCUT2D eigenvalue weighted by Gasteiger charge is 2.33. The molecular weight excluding hydrogens is 384 g/mol. The number of aromatic amines is 1. The molecule has 0 radical (unpaired) electrons. The van der Waals surface area contributed by atoms with Gasteiger partial charge in [-0.1, -0.05) is 19.6 Å². The van der Waals surface area contributed by atoms with Gasteiger partial charge < -0.3 is 24.1 Å². The summed E-state index contributed by atoms with van der Waals surface area (Å²) in [4.78, 5) is 18.3. The molecule has 1 N–H and O–H groups in total. The van der Waals surface area contributed by atoms with Crippen molar-refractivity contribution in [2.45, 2.75) is 58.5 Å². The van der Waals surface area contributed by atoms with Gasteiger partial charge in [-0.2, -0.15) is 0 Å². The van der Waals surface area contributed by atoms with Crippen molar-refractivity contribution in [2.24, 2.45) is 0 Å². The zero-order valence-electron chi connectivity index (χ0n) is 18.7. The van der Waals surface area contributed by atoms with E-state index in [1.165, 1.54) is 16.3 Å². The van der Waals surface area contributed by atoms with E-state index in [0.29, 0.717) is 19.8 Å². The van der Waals surface area contributed by atoms with Gasteiger partial charge in [-0.15, -0.1) is 0 Å². The van der Waals surface area contributed by atoms with Crippen LogP contribution in [0.5, 0.6) is 5.75 Å². The average Bonchev–Trinajstić information content (AvgIpc) is 2.98. The molecule has 1 amide bonds. The summed E-state index contributed by atoms with van der Waals surface area (Å²) >= 11 is 0. The van der Waals surface area contributed by atoms with Gasteiger partial charge in [0.1, 0.15) is 11.4 Å². The first-order valence-electron chi connectivity index (χ1n) is 10.3. The fourth-order valence-electron chi connectivity index (χ4n) is 3.83. The summed E-state index contributed by atoms with van der Waals surface area (Å²) in [6, 6.07) is 6.11. The lowest BCUT2D eigenvalue weighted by atomic mass is 10.0. The third-order valence-corrected chi connectivity index (χ3v) is 7.09. The maximum absolute atomic E-state index is 12.8. The van der Waals surface area contributed by atoms with E-state index in [0.717, 1.165) is 17.7 Å². The highest BCUT2D eigenvalue weighted by atomic mass is 28.3. The number of rotatable bonds is 4. The van der Waals surface area contributed by atoms with Crippen molar-refractivity contribution >= 4 is 30.4 Å². The molecule has 160 valence electrons. The number of methoxy groups -OCH3 is 1. The topological polar surface area (TPSA) is 63.8 Å². The van der Waals surface area contributed by atoms with Gasteiger partial charge in [0.2, 0.25) is 0 Å². The zero-order valence-corrected chi connectivity index (χ0v) is 19.7. The van der Waals surface area contributed by atoms with Gasteiger partial charge in [0.25, 0.3) is 0 Å². The third kappa shape index (κ3) is 4.95. The van der Waals surface area contributed by atoms with E-state index in [4.69, 9.17) is 14.2 Å². The van der Waals surface area contributed by atoms with Gasteiger partial charge in [-0.3, -0.25) is 0 Å². The molecule has 1 aliphatic heterocycles. The average molecular weight is 419 g/mol. The normalized spacial score (nSPS) is 18.2. The minimum atomic E-state index is -1.63. The Balaban J connectivity index is 1.97. The van der Waals surface area contributed by atoms with E-state index in [1.54, 1.807) is 7.11 Å². The van der Waals surface area contributed by atoms with Crippen LogP contribution in [-0.4, -0.2) is 62.6 Å². The number of morpholine rings is 1. The summed E-state index contributed by atoms with van der Waals surface area (Å²) in [7, 11) is 0.0507. The summed E-state index contributed by atoms with van der Waals surface area (Å²) in [6.45, 7) is 14.3. The van der Waals surface area contributed by atoms with Crippen molar-refractivity contribution in [3.8, 4) is 5.75 Å². The van der Waals surface area contributed by atoms with Gasteiger partial charge in [0.05, 0.1) is 34.4 Å². The quantitative estimate of drug-likeness (QED) is 0.765. The van der Waals surface area contributed by atoms with E-state index < -0.39 is 13.7 Å². The molecule has 0 spiro atoms. The molecular formula is C22H34N2O4Si. The fraction of sp³-hybridized carbons (Fsp3) is 0.591. The highest BCUT2D eigenvalue weighted by molar-refractivity contribution is 6.88. The van der Waals surface area contributed by atoms with E-state index in [9.17, 15) is 4.79 Å². The number of hydrogen-bond donors (Lipinski definition) is 1. The second-order valence-electron chi connectivity index (χ2n) is 9.75. The molecule has 1 fully saturated rings. The van der Waals surface area contributed by atoms with Crippen LogP contribution in [-0.2, 0) is 15.9 Å². The number of nitrogens with one attached hydrogen (secondary N) is 1. The molecule has 2 aromatic rings. The minimum absolute atomic E-state index is 0.0465.